The van der Waals surface area contributed by atoms with Crippen molar-refractivity contribution in [2.24, 2.45) is 0 Å². The fraction of sp³-hybridized carbons (Fsp3) is 0.211. The molecule has 0 spiro atoms. The Bertz CT molecular complexity index is 922. The normalized spacial score (nSPS) is 11.4. The van der Waals surface area contributed by atoms with Gasteiger partial charge in [-0.15, -0.1) is 0 Å². The molecule has 0 heterocycles. The summed E-state index contributed by atoms with van der Waals surface area (Å²) in [4.78, 5) is 12.2. The zero-order valence-corrected chi connectivity index (χ0v) is 16.2. The van der Waals surface area contributed by atoms with Gasteiger partial charge in [0.15, 0.2) is 11.5 Å². The van der Waals surface area contributed by atoms with Crippen molar-refractivity contribution in [3.05, 3.63) is 54.1 Å². The van der Waals surface area contributed by atoms with Crippen LogP contribution in [0.5, 0.6) is 11.5 Å². The third-order valence-electron chi connectivity index (χ3n) is 3.60. The zero-order chi connectivity index (χ0) is 19.9. The molecule has 2 N–H and O–H groups in total. The molecule has 144 valence electrons. The summed E-state index contributed by atoms with van der Waals surface area (Å²) >= 11 is 0. The molecule has 0 aliphatic carbocycles. The third-order valence-corrected chi connectivity index (χ3v) is 5.16. The fourth-order valence-electron chi connectivity index (χ4n) is 2.30. The molecular weight excluding hydrogens is 368 g/mol. The van der Waals surface area contributed by atoms with Gasteiger partial charge in [-0.25, -0.2) is 13.1 Å². The summed E-state index contributed by atoms with van der Waals surface area (Å²) in [5, 5.41) is 2.68. The van der Waals surface area contributed by atoms with Gasteiger partial charge >= 0.3 is 0 Å². The van der Waals surface area contributed by atoms with Gasteiger partial charge in [0.25, 0.3) is 0 Å². The molecule has 1 amide bonds. The maximum Gasteiger partial charge on any atom is 0.248 e. The fourth-order valence-corrected chi connectivity index (χ4v) is 3.34. The van der Waals surface area contributed by atoms with E-state index in [4.69, 9.17) is 9.47 Å². The topological polar surface area (TPSA) is 93.7 Å². The molecule has 8 heteroatoms. The van der Waals surface area contributed by atoms with Crippen LogP contribution in [0, 0.1) is 0 Å². The highest BCUT2D eigenvalue weighted by atomic mass is 32.2. The van der Waals surface area contributed by atoms with Gasteiger partial charge < -0.3 is 14.8 Å². The second kappa shape index (κ2) is 9.20. The van der Waals surface area contributed by atoms with E-state index in [0.29, 0.717) is 23.7 Å². The second-order valence-electron chi connectivity index (χ2n) is 5.46. The predicted molar refractivity (Wildman–Crippen MR) is 105 cm³/mol. The van der Waals surface area contributed by atoms with E-state index in [0.717, 1.165) is 5.56 Å². The van der Waals surface area contributed by atoms with Crippen LogP contribution in [0.15, 0.2) is 53.4 Å². The van der Waals surface area contributed by atoms with Crippen molar-refractivity contribution < 1.29 is 22.7 Å². The summed E-state index contributed by atoms with van der Waals surface area (Å²) in [6.07, 6.45) is 3.02. The number of carbonyl (C=O) groups excluding carboxylic acids is 1. The van der Waals surface area contributed by atoms with Gasteiger partial charge in [-0.3, -0.25) is 4.79 Å². The Morgan fingerprint density at radius 1 is 1.04 bits per heavy atom. The van der Waals surface area contributed by atoms with E-state index >= 15 is 0 Å². The Kier molecular flexibility index (Phi) is 6.98. The number of carbonyl (C=O) groups is 1. The van der Waals surface area contributed by atoms with E-state index in [-0.39, 0.29) is 10.8 Å². The number of rotatable bonds is 8. The van der Waals surface area contributed by atoms with Crippen LogP contribution < -0.4 is 19.5 Å². The smallest absolute Gasteiger partial charge is 0.248 e. The molecule has 2 rings (SSSR count). The molecule has 27 heavy (non-hydrogen) atoms. The van der Waals surface area contributed by atoms with E-state index in [1.54, 1.807) is 38.3 Å². The molecule has 0 aliphatic heterocycles. The quantitative estimate of drug-likeness (QED) is 0.676. The van der Waals surface area contributed by atoms with Crippen LogP contribution in [0.4, 0.5) is 5.69 Å². The number of hydrogen-bond acceptors (Lipinski definition) is 5. The zero-order valence-electron chi connectivity index (χ0n) is 15.4. The molecule has 0 bridgehead atoms. The molecule has 0 radical (unpaired) electrons. The molecule has 0 unspecified atom stereocenters. The first-order valence-corrected chi connectivity index (χ1v) is 9.68. The second-order valence-corrected chi connectivity index (χ2v) is 7.23. The third kappa shape index (κ3) is 5.57. The lowest BCUT2D eigenvalue weighted by atomic mass is 10.2. The summed E-state index contributed by atoms with van der Waals surface area (Å²) in [5.74, 6) is 0.830. The Balaban J connectivity index is 2.04. The summed E-state index contributed by atoms with van der Waals surface area (Å²) in [7, 11) is -0.422. The first-order valence-electron chi connectivity index (χ1n) is 8.20. The van der Waals surface area contributed by atoms with E-state index in [1.165, 1.54) is 37.5 Å². The summed E-state index contributed by atoms with van der Waals surface area (Å²) in [6, 6.07) is 11.2. The molecule has 0 saturated heterocycles. The van der Waals surface area contributed by atoms with Crippen LogP contribution in [0.25, 0.3) is 6.08 Å². The first kappa shape index (κ1) is 20.5. The van der Waals surface area contributed by atoms with E-state index < -0.39 is 10.0 Å². The van der Waals surface area contributed by atoms with Crippen molar-refractivity contribution in [3.8, 4) is 11.5 Å². The molecule has 0 atom stereocenters. The number of benzene rings is 2. The standard InChI is InChI=1S/C19H22N2O5S/c1-4-20-27(23,24)16-9-7-15(8-10-16)21-19(22)12-6-14-5-11-17(25-2)18(13-14)26-3/h5-13,20H,4H2,1-3H3,(H,21,22)/b12-6+. The van der Waals surface area contributed by atoms with E-state index in [9.17, 15) is 13.2 Å². The van der Waals surface area contributed by atoms with Crippen molar-refractivity contribution in [2.75, 3.05) is 26.1 Å². The largest absolute Gasteiger partial charge is 0.493 e. The number of sulfonamides is 1. The van der Waals surface area contributed by atoms with E-state index in [2.05, 4.69) is 10.0 Å². The van der Waals surface area contributed by atoms with Crippen molar-refractivity contribution in [3.63, 3.8) is 0 Å². The average molecular weight is 390 g/mol. The summed E-state index contributed by atoms with van der Waals surface area (Å²) in [5.41, 5.74) is 1.27. The van der Waals surface area contributed by atoms with E-state index in [1.807, 2.05) is 0 Å². The number of hydrogen-bond donors (Lipinski definition) is 2. The molecule has 2 aromatic carbocycles. The van der Waals surface area contributed by atoms with Crippen LogP contribution in [0.2, 0.25) is 0 Å². The van der Waals surface area contributed by atoms with Crippen molar-refractivity contribution in [1.29, 1.82) is 0 Å². The molecule has 0 aliphatic rings. The number of amides is 1. The van der Waals surface area contributed by atoms with Gasteiger partial charge in [-0.05, 0) is 48.0 Å². The van der Waals surface area contributed by atoms with Crippen LogP contribution in [-0.4, -0.2) is 35.1 Å². The minimum atomic E-state index is -3.51. The van der Waals surface area contributed by atoms with Crippen LogP contribution in [0.1, 0.15) is 12.5 Å². The number of nitrogens with one attached hydrogen (secondary N) is 2. The van der Waals surface area contributed by atoms with Crippen molar-refractivity contribution in [2.45, 2.75) is 11.8 Å². The Morgan fingerprint density at radius 3 is 2.30 bits per heavy atom. The Morgan fingerprint density at radius 2 is 1.70 bits per heavy atom. The SMILES string of the molecule is CCNS(=O)(=O)c1ccc(NC(=O)/C=C/c2ccc(OC)c(OC)c2)cc1. The number of ether oxygens (including phenoxy) is 2. The minimum Gasteiger partial charge on any atom is -0.493 e. The molecule has 0 saturated carbocycles. The molecular formula is C19H22N2O5S. The van der Waals surface area contributed by atoms with Crippen LogP contribution >= 0.6 is 0 Å². The van der Waals surface area contributed by atoms with Gasteiger partial charge in [0, 0.05) is 18.3 Å². The maximum atomic E-state index is 12.1. The lowest BCUT2D eigenvalue weighted by molar-refractivity contribution is -0.111. The molecule has 0 fully saturated rings. The monoisotopic (exact) mass is 390 g/mol. The maximum absolute atomic E-state index is 12.1. The van der Waals surface area contributed by atoms with Gasteiger partial charge in [-0.2, -0.15) is 0 Å². The van der Waals surface area contributed by atoms with Gasteiger partial charge in [0.05, 0.1) is 19.1 Å². The Labute approximate surface area is 159 Å². The highest BCUT2D eigenvalue weighted by Crippen LogP contribution is 2.28. The molecule has 7 nitrogen and oxygen atoms in total. The average Bonchev–Trinajstić information content (AvgIpc) is 2.66. The van der Waals surface area contributed by atoms with Gasteiger partial charge in [0.2, 0.25) is 15.9 Å². The summed E-state index contributed by atoms with van der Waals surface area (Å²) < 4.78 is 36.6. The Hall–Kier alpha value is -2.84. The van der Waals surface area contributed by atoms with Crippen LogP contribution in [-0.2, 0) is 14.8 Å². The molecule has 0 aromatic heterocycles. The number of anilines is 1. The summed E-state index contributed by atoms with van der Waals surface area (Å²) in [6.45, 7) is 2.01. The minimum absolute atomic E-state index is 0.142. The van der Waals surface area contributed by atoms with Crippen molar-refractivity contribution >= 4 is 27.7 Å². The van der Waals surface area contributed by atoms with Gasteiger partial charge in [-0.1, -0.05) is 13.0 Å². The highest BCUT2D eigenvalue weighted by Gasteiger charge is 2.12. The van der Waals surface area contributed by atoms with Gasteiger partial charge in [0.1, 0.15) is 0 Å². The molecule has 2 aromatic rings. The van der Waals surface area contributed by atoms with Crippen molar-refractivity contribution in [1.82, 2.24) is 4.72 Å². The predicted octanol–water partition coefficient (Wildman–Crippen LogP) is 2.65. The highest BCUT2D eigenvalue weighted by molar-refractivity contribution is 7.89. The van der Waals surface area contributed by atoms with Crippen LogP contribution in [0.3, 0.4) is 0 Å². The lowest BCUT2D eigenvalue weighted by Gasteiger charge is -2.08. The number of methoxy groups -OCH3 is 2. The lowest BCUT2D eigenvalue weighted by Crippen LogP contribution is -2.23. The first-order chi connectivity index (χ1) is 12.9.